The van der Waals surface area contributed by atoms with Crippen LogP contribution in [0.5, 0.6) is 0 Å². The molecular weight excluding hydrogens is 252 g/mol. The molecule has 1 aromatic rings. The van der Waals surface area contributed by atoms with Gasteiger partial charge in [0.1, 0.15) is 0 Å². The molecule has 1 N–H and O–H groups in total. The van der Waals surface area contributed by atoms with Crippen LogP contribution in [0.15, 0.2) is 4.52 Å². The Morgan fingerprint density at radius 3 is 2.75 bits per heavy atom. The Morgan fingerprint density at radius 1 is 1.25 bits per heavy atom. The van der Waals surface area contributed by atoms with Crippen molar-refractivity contribution in [1.82, 2.24) is 20.4 Å². The van der Waals surface area contributed by atoms with Gasteiger partial charge in [0.2, 0.25) is 5.89 Å². The second kappa shape index (κ2) is 6.68. The van der Waals surface area contributed by atoms with E-state index in [9.17, 15) is 0 Å². The maximum absolute atomic E-state index is 5.32. The molecular formula is C15H26N4O. The van der Waals surface area contributed by atoms with Crippen molar-refractivity contribution in [2.75, 3.05) is 26.2 Å². The van der Waals surface area contributed by atoms with E-state index >= 15 is 0 Å². The standard InChI is InChI=1S/C15H26N4O/c1-2-7-16-10-12-5-8-19(9-6-12)11-14-17-15(20-18-14)13-3-4-13/h12-13,16H,2-11H2,1H3. The van der Waals surface area contributed by atoms with Gasteiger partial charge >= 0.3 is 0 Å². The zero-order chi connectivity index (χ0) is 13.8. The van der Waals surface area contributed by atoms with Crippen LogP contribution < -0.4 is 5.32 Å². The number of aromatic nitrogens is 2. The molecule has 2 fully saturated rings. The predicted molar refractivity (Wildman–Crippen MR) is 77.4 cm³/mol. The van der Waals surface area contributed by atoms with E-state index < -0.39 is 0 Å². The van der Waals surface area contributed by atoms with Crippen molar-refractivity contribution in [2.24, 2.45) is 5.92 Å². The molecule has 0 spiro atoms. The molecule has 2 aliphatic rings. The van der Waals surface area contributed by atoms with Crippen molar-refractivity contribution in [2.45, 2.75) is 51.5 Å². The quantitative estimate of drug-likeness (QED) is 0.775. The first-order chi connectivity index (χ1) is 9.85. The van der Waals surface area contributed by atoms with Crippen LogP contribution in [0.4, 0.5) is 0 Å². The highest BCUT2D eigenvalue weighted by molar-refractivity contribution is 5.01. The van der Waals surface area contributed by atoms with Gasteiger partial charge in [0.05, 0.1) is 6.54 Å². The molecule has 1 saturated heterocycles. The highest BCUT2D eigenvalue weighted by atomic mass is 16.5. The summed E-state index contributed by atoms with van der Waals surface area (Å²) in [6, 6.07) is 0. The zero-order valence-electron chi connectivity index (χ0n) is 12.5. The molecule has 3 rings (SSSR count). The summed E-state index contributed by atoms with van der Waals surface area (Å²) < 4.78 is 5.32. The van der Waals surface area contributed by atoms with E-state index in [1.54, 1.807) is 0 Å². The van der Waals surface area contributed by atoms with Crippen LogP contribution in [0.25, 0.3) is 0 Å². The summed E-state index contributed by atoms with van der Waals surface area (Å²) in [5, 5.41) is 7.64. The number of nitrogens with zero attached hydrogens (tertiary/aromatic N) is 3. The number of rotatable bonds is 7. The van der Waals surface area contributed by atoms with Gasteiger partial charge in [0.15, 0.2) is 5.82 Å². The fourth-order valence-corrected chi connectivity index (χ4v) is 2.86. The average Bonchev–Trinajstić information content (AvgIpc) is 3.22. The van der Waals surface area contributed by atoms with E-state index in [0.29, 0.717) is 5.92 Å². The largest absolute Gasteiger partial charge is 0.339 e. The molecule has 0 bridgehead atoms. The summed E-state index contributed by atoms with van der Waals surface area (Å²) in [4.78, 5) is 6.97. The normalized spacial score (nSPS) is 21.4. The number of likely N-dealkylation sites (tertiary alicyclic amines) is 1. The lowest BCUT2D eigenvalue weighted by molar-refractivity contribution is 0.170. The average molecular weight is 278 g/mol. The fourth-order valence-electron chi connectivity index (χ4n) is 2.86. The smallest absolute Gasteiger partial charge is 0.229 e. The van der Waals surface area contributed by atoms with Gasteiger partial charge in [0.25, 0.3) is 0 Å². The molecule has 0 atom stereocenters. The topological polar surface area (TPSA) is 54.2 Å². The number of nitrogens with one attached hydrogen (secondary N) is 1. The third-order valence-corrected chi connectivity index (χ3v) is 4.34. The fraction of sp³-hybridized carbons (Fsp3) is 0.867. The van der Waals surface area contributed by atoms with Crippen LogP contribution in [-0.4, -0.2) is 41.2 Å². The molecule has 1 aliphatic carbocycles. The summed E-state index contributed by atoms with van der Waals surface area (Å²) in [6.45, 7) is 7.71. The molecule has 0 amide bonds. The predicted octanol–water partition coefficient (Wildman–Crippen LogP) is 2.16. The van der Waals surface area contributed by atoms with Gasteiger partial charge < -0.3 is 9.84 Å². The number of hydrogen-bond acceptors (Lipinski definition) is 5. The highest BCUT2D eigenvalue weighted by Gasteiger charge is 2.30. The van der Waals surface area contributed by atoms with Crippen LogP contribution >= 0.6 is 0 Å². The summed E-state index contributed by atoms with van der Waals surface area (Å²) in [7, 11) is 0. The summed E-state index contributed by atoms with van der Waals surface area (Å²) in [5.41, 5.74) is 0. The molecule has 1 aliphatic heterocycles. The zero-order valence-corrected chi connectivity index (χ0v) is 12.5. The van der Waals surface area contributed by atoms with E-state index in [2.05, 4.69) is 27.3 Å². The Bertz CT molecular complexity index is 408. The first-order valence-electron chi connectivity index (χ1n) is 8.10. The number of piperidine rings is 1. The van der Waals surface area contributed by atoms with Gasteiger partial charge in [-0.3, -0.25) is 4.90 Å². The van der Waals surface area contributed by atoms with Gasteiger partial charge in [-0.25, -0.2) is 0 Å². The van der Waals surface area contributed by atoms with Crippen LogP contribution in [0.1, 0.15) is 56.7 Å². The molecule has 1 saturated carbocycles. The molecule has 5 nitrogen and oxygen atoms in total. The van der Waals surface area contributed by atoms with Gasteiger partial charge in [-0.2, -0.15) is 4.98 Å². The Morgan fingerprint density at radius 2 is 2.05 bits per heavy atom. The molecule has 2 heterocycles. The molecule has 112 valence electrons. The van der Waals surface area contributed by atoms with Crippen LogP contribution in [0.2, 0.25) is 0 Å². The lowest BCUT2D eigenvalue weighted by atomic mass is 9.97. The van der Waals surface area contributed by atoms with Crippen molar-refractivity contribution in [3.63, 3.8) is 0 Å². The lowest BCUT2D eigenvalue weighted by Crippen LogP contribution is -2.37. The molecule has 0 aromatic carbocycles. The minimum atomic E-state index is 0.562. The van der Waals surface area contributed by atoms with Gasteiger partial charge in [0, 0.05) is 5.92 Å². The van der Waals surface area contributed by atoms with Gasteiger partial charge in [-0.15, -0.1) is 0 Å². The van der Waals surface area contributed by atoms with Crippen molar-refractivity contribution in [3.05, 3.63) is 11.7 Å². The molecule has 1 aromatic heterocycles. The monoisotopic (exact) mass is 278 g/mol. The van der Waals surface area contributed by atoms with Crippen molar-refractivity contribution in [1.29, 1.82) is 0 Å². The second-order valence-corrected chi connectivity index (χ2v) is 6.25. The SMILES string of the molecule is CCCNCC1CCN(Cc2noc(C3CC3)n2)CC1. The van der Waals surface area contributed by atoms with Gasteiger partial charge in [-0.05, 0) is 64.2 Å². The molecule has 20 heavy (non-hydrogen) atoms. The number of hydrogen-bond donors (Lipinski definition) is 1. The Hall–Kier alpha value is -0.940. The third kappa shape index (κ3) is 3.79. The minimum absolute atomic E-state index is 0.562. The minimum Gasteiger partial charge on any atom is -0.339 e. The molecule has 5 heteroatoms. The van der Waals surface area contributed by atoms with E-state index in [1.165, 1.54) is 38.6 Å². The Balaban J connectivity index is 1.39. The van der Waals surface area contributed by atoms with E-state index in [1.807, 2.05) is 0 Å². The Kier molecular flexibility index (Phi) is 4.68. The maximum Gasteiger partial charge on any atom is 0.229 e. The first-order valence-corrected chi connectivity index (χ1v) is 8.10. The Labute approximate surface area is 121 Å². The lowest BCUT2D eigenvalue weighted by Gasteiger charge is -2.31. The molecule has 0 radical (unpaired) electrons. The van der Waals surface area contributed by atoms with Crippen LogP contribution in [-0.2, 0) is 6.54 Å². The summed E-state index contributed by atoms with van der Waals surface area (Å²) >= 11 is 0. The highest BCUT2D eigenvalue weighted by Crippen LogP contribution is 2.38. The van der Waals surface area contributed by atoms with Gasteiger partial charge in [-0.1, -0.05) is 12.1 Å². The third-order valence-electron chi connectivity index (χ3n) is 4.34. The van der Waals surface area contributed by atoms with Crippen molar-refractivity contribution < 1.29 is 4.52 Å². The van der Waals surface area contributed by atoms with E-state index in [4.69, 9.17) is 4.52 Å². The van der Waals surface area contributed by atoms with E-state index in [-0.39, 0.29) is 0 Å². The maximum atomic E-state index is 5.32. The van der Waals surface area contributed by atoms with Crippen LogP contribution in [0.3, 0.4) is 0 Å². The van der Waals surface area contributed by atoms with E-state index in [0.717, 1.165) is 43.8 Å². The first kappa shape index (κ1) is 14.0. The van der Waals surface area contributed by atoms with Crippen molar-refractivity contribution in [3.8, 4) is 0 Å². The van der Waals surface area contributed by atoms with Crippen molar-refractivity contribution >= 4 is 0 Å². The summed E-state index contributed by atoms with van der Waals surface area (Å²) in [6.07, 6.45) is 6.23. The second-order valence-electron chi connectivity index (χ2n) is 6.25. The summed E-state index contributed by atoms with van der Waals surface area (Å²) in [5.74, 6) is 3.13. The molecule has 0 unspecified atom stereocenters. The van der Waals surface area contributed by atoms with Crippen LogP contribution in [0, 0.1) is 5.92 Å².